The van der Waals surface area contributed by atoms with E-state index >= 15 is 0 Å². The Morgan fingerprint density at radius 2 is 1.29 bits per heavy atom. The molecule has 0 saturated heterocycles. The SMILES string of the molecule is O=P(O)(O)O.[S]=[Mn]. The minimum atomic E-state index is -4.64. The fourth-order valence-electron chi connectivity index (χ4n) is 0. The van der Waals surface area contributed by atoms with E-state index in [4.69, 9.17) is 19.2 Å². The van der Waals surface area contributed by atoms with Crippen molar-refractivity contribution in [1.29, 1.82) is 0 Å². The monoisotopic (exact) mass is 185 g/mol. The molecule has 0 amide bonds. The predicted octanol–water partition coefficient (Wildman–Crippen LogP) is -0.283. The minimum absolute atomic E-state index is 2.52. The molecule has 0 aromatic rings. The van der Waals surface area contributed by atoms with Crippen LogP contribution in [0, 0.1) is 0 Å². The van der Waals surface area contributed by atoms with E-state index in [0.29, 0.717) is 0 Å². The van der Waals surface area contributed by atoms with Gasteiger partial charge in [0.05, 0.1) is 0 Å². The number of phosphoric acid groups is 1. The molecule has 0 saturated carbocycles. The molecule has 0 aromatic heterocycles. The van der Waals surface area contributed by atoms with Crippen molar-refractivity contribution < 1.29 is 33.6 Å². The van der Waals surface area contributed by atoms with Gasteiger partial charge in [-0.3, -0.25) is 0 Å². The second kappa shape index (κ2) is 5.00. The normalized spacial score (nSPS) is 9.00. The molecule has 0 rings (SSSR count). The summed E-state index contributed by atoms with van der Waals surface area (Å²) < 4.78 is 8.88. The molecule has 0 aromatic carbocycles. The Labute approximate surface area is 52.5 Å². The van der Waals surface area contributed by atoms with Crippen LogP contribution in [0.1, 0.15) is 0 Å². The number of hydrogen-bond donors (Lipinski definition) is 3. The Balaban J connectivity index is 0. The first-order valence-corrected chi connectivity index (χ1v) is 4.26. The third-order valence-electron chi connectivity index (χ3n) is 0. The van der Waals surface area contributed by atoms with Gasteiger partial charge in [0.2, 0.25) is 0 Å². The van der Waals surface area contributed by atoms with Gasteiger partial charge in [-0.1, -0.05) is 0 Å². The second-order valence-electron chi connectivity index (χ2n) is 0.513. The third kappa shape index (κ3) is 223. The Bertz CT molecular complexity index is 67.5. The topological polar surface area (TPSA) is 77.8 Å². The molecule has 0 aliphatic heterocycles. The molecule has 7 heteroatoms. The van der Waals surface area contributed by atoms with Gasteiger partial charge < -0.3 is 14.7 Å². The molecule has 4 nitrogen and oxygen atoms in total. The predicted molar refractivity (Wildman–Crippen MR) is 21.9 cm³/mol. The maximum atomic E-state index is 8.88. The maximum absolute atomic E-state index is 8.88. The van der Waals surface area contributed by atoms with Crippen molar-refractivity contribution in [3.8, 4) is 0 Å². The first-order chi connectivity index (χ1) is 3.00. The van der Waals surface area contributed by atoms with Crippen molar-refractivity contribution >= 4 is 18.4 Å². The van der Waals surface area contributed by atoms with Gasteiger partial charge in [-0.2, -0.15) is 0 Å². The Kier molecular flexibility index (Phi) is 7.68. The van der Waals surface area contributed by atoms with E-state index in [-0.39, 0.29) is 0 Å². The average molecular weight is 185 g/mol. The summed E-state index contributed by atoms with van der Waals surface area (Å²) in [5.74, 6) is 0. The van der Waals surface area contributed by atoms with E-state index in [1.165, 1.54) is 0 Å². The molecule has 7 heavy (non-hydrogen) atoms. The third-order valence-corrected chi connectivity index (χ3v) is 0. The van der Waals surface area contributed by atoms with Crippen LogP contribution in [0.25, 0.3) is 0 Å². The molecule has 0 fully saturated rings. The Morgan fingerprint density at radius 3 is 1.29 bits per heavy atom. The van der Waals surface area contributed by atoms with Crippen LogP contribution in [0.4, 0.5) is 0 Å². The van der Waals surface area contributed by atoms with Crippen LogP contribution < -0.4 is 0 Å². The van der Waals surface area contributed by atoms with Gasteiger partial charge in [-0.15, -0.1) is 0 Å². The molecule has 45 valence electrons. The average Bonchev–Trinajstić information content (AvgIpc) is 1.36. The van der Waals surface area contributed by atoms with Crippen LogP contribution >= 0.6 is 18.4 Å². The molecule has 0 aliphatic carbocycles. The Morgan fingerprint density at radius 1 is 1.29 bits per heavy atom. The molecule has 0 spiro atoms. The summed E-state index contributed by atoms with van der Waals surface area (Å²) in [6.07, 6.45) is 0. The van der Waals surface area contributed by atoms with Crippen molar-refractivity contribution in [1.82, 2.24) is 0 Å². The van der Waals surface area contributed by atoms with E-state index in [0.717, 1.165) is 0 Å². The first kappa shape index (κ1) is 10.8. The zero-order valence-corrected chi connectivity index (χ0v) is 5.87. The van der Waals surface area contributed by atoms with Crippen LogP contribution in [0.3, 0.4) is 0 Å². The van der Waals surface area contributed by atoms with Crippen LogP contribution in [0.15, 0.2) is 0 Å². The van der Waals surface area contributed by atoms with Gasteiger partial charge in [0.1, 0.15) is 0 Å². The summed E-state index contributed by atoms with van der Waals surface area (Å²) in [7, 11) is -0.743. The van der Waals surface area contributed by atoms with Crippen molar-refractivity contribution in [2.24, 2.45) is 0 Å². The molecule has 0 unspecified atom stereocenters. The van der Waals surface area contributed by atoms with E-state index in [1.807, 2.05) is 0 Å². The van der Waals surface area contributed by atoms with Crippen LogP contribution in [0.2, 0.25) is 0 Å². The molecule has 0 heterocycles. The molecule has 0 atom stereocenters. The molecular formula is H3MnO4PS. The van der Waals surface area contributed by atoms with Gasteiger partial charge in [-0.25, -0.2) is 4.57 Å². The first-order valence-electron chi connectivity index (χ1n) is 0.937. The number of hydrogen-bond acceptors (Lipinski definition) is 2. The quantitative estimate of drug-likeness (QED) is 0.357. The zero-order chi connectivity index (χ0) is 6.50. The summed E-state index contributed by atoms with van der Waals surface area (Å²) >= 11 is 2.52. The van der Waals surface area contributed by atoms with Crippen molar-refractivity contribution in [3.05, 3.63) is 0 Å². The standard InChI is InChI=1S/Mn.H3O4P.S/c;1-5(2,3)4;/h;(H3,1,2,3,4);. The van der Waals surface area contributed by atoms with Crippen LogP contribution in [-0.4, -0.2) is 14.7 Å². The van der Waals surface area contributed by atoms with Crippen molar-refractivity contribution in [3.63, 3.8) is 0 Å². The summed E-state index contributed by atoms with van der Waals surface area (Å²) in [6.45, 7) is 0. The van der Waals surface area contributed by atoms with Crippen molar-refractivity contribution in [2.45, 2.75) is 0 Å². The van der Waals surface area contributed by atoms with Gasteiger partial charge in [-0.05, 0) is 0 Å². The molecule has 0 radical (unpaired) electrons. The van der Waals surface area contributed by atoms with Gasteiger partial charge >= 0.3 is 32.8 Å². The summed E-state index contributed by atoms with van der Waals surface area (Å²) in [6, 6.07) is 0. The van der Waals surface area contributed by atoms with Gasteiger partial charge in [0.25, 0.3) is 0 Å². The van der Waals surface area contributed by atoms with E-state index in [1.54, 1.807) is 0 Å². The molecule has 0 bridgehead atoms. The molecule has 3 N–H and O–H groups in total. The molecular weight excluding hydrogens is 182 g/mol. The summed E-state index contributed by atoms with van der Waals surface area (Å²) in [4.78, 5) is 21.6. The Hall–Kier alpha value is 0.849. The van der Waals surface area contributed by atoms with Crippen molar-refractivity contribution in [2.75, 3.05) is 0 Å². The van der Waals surface area contributed by atoms with E-state index in [2.05, 4.69) is 24.9 Å². The van der Waals surface area contributed by atoms with Crippen LogP contribution in [-0.2, 0) is 18.9 Å². The summed E-state index contributed by atoms with van der Waals surface area (Å²) in [5.41, 5.74) is 0. The van der Waals surface area contributed by atoms with E-state index in [9.17, 15) is 0 Å². The summed E-state index contributed by atoms with van der Waals surface area (Å²) in [5, 5.41) is 0. The van der Waals surface area contributed by atoms with Crippen LogP contribution in [0.5, 0.6) is 0 Å². The fourth-order valence-corrected chi connectivity index (χ4v) is 0. The zero-order valence-electron chi connectivity index (χ0n) is 2.98. The van der Waals surface area contributed by atoms with E-state index < -0.39 is 7.82 Å². The second-order valence-corrected chi connectivity index (χ2v) is 1.54. The van der Waals surface area contributed by atoms with Gasteiger partial charge in [0.15, 0.2) is 0 Å². The molecule has 0 aliphatic rings. The van der Waals surface area contributed by atoms with Gasteiger partial charge in [0, 0.05) is 0 Å². The number of rotatable bonds is 0. The fraction of sp³-hybridized carbons (Fsp3) is 0.